The predicted molar refractivity (Wildman–Crippen MR) is 105 cm³/mol. The van der Waals surface area contributed by atoms with Crippen molar-refractivity contribution in [2.24, 2.45) is 20.0 Å². The maximum absolute atomic E-state index is 12.4. The van der Waals surface area contributed by atoms with Gasteiger partial charge in [-0.15, -0.1) is 11.8 Å². The second-order valence-corrected chi connectivity index (χ2v) is 7.23. The minimum atomic E-state index is -0.364. The van der Waals surface area contributed by atoms with Crippen molar-refractivity contribution in [3.8, 4) is 0 Å². The normalized spacial score (nSPS) is 13.0. The highest BCUT2D eigenvalue weighted by Gasteiger charge is 2.15. The molecule has 0 saturated carbocycles. The molecule has 0 aliphatic heterocycles. The van der Waals surface area contributed by atoms with E-state index in [2.05, 4.69) is 12.2 Å². The van der Waals surface area contributed by atoms with Crippen molar-refractivity contribution >= 4 is 23.2 Å². The maximum Gasteiger partial charge on any atom is 0.330 e. The molecule has 0 aliphatic rings. The molecule has 0 bridgehead atoms. The number of anilines is 1. The van der Waals surface area contributed by atoms with E-state index in [0.29, 0.717) is 17.1 Å². The number of nitrogens with zero attached hydrogens (tertiary/aromatic N) is 2. The fourth-order valence-corrected chi connectivity index (χ4v) is 3.15. The molecule has 0 aromatic carbocycles. The zero-order valence-corrected chi connectivity index (χ0v) is 16.8. The third-order valence-corrected chi connectivity index (χ3v) is 5.36. The van der Waals surface area contributed by atoms with Gasteiger partial charge in [0.1, 0.15) is 11.5 Å². The van der Waals surface area contributed by atoms with Gasteiger partial charge in [-0.3, -0.25) is 18.7 Å². The largest absolute Gasteiger partial charge is 0.345 e. The smallest absolute Gasteiger partial charge is 0.330 e. The summed E-state index contributed by atoms with van der Waals surface area (Å²) in [5.74, 6) is 0.594. The van der Waals surface area contributed by atoms with Crippen molar-refractivity contribution < 1.29 is 4.79 Å². The Morgan fingerprint density at radius 1 is 1.24 bits per heavy atom. The Bertz CT molecular complexity index is 762. The molecule has 1 N–H and O–H groups in total. The Morgan fingerprint density at radius 2 is 1.88 bits per heavy atom. The van der Waals surface area contributed by atoms with Crippen molar-refractivity contribution in [1.82, 2.24) is 9.13 Å². The Morgan fingerprint density at radius 3 is 2.44 bits per heavy atom. The van der Waals surface area contributed by atoms with Crippen LogP contribution in [0.2, 0.25) is 0 Å². The lowest BCUT2D eigenvalue weighted by Crippen LogP contribution is -2.39. The van der Waals surface area contributed by atoms with Gasteiger partial charge in [-0.25, -0.2) is 4.79 Å². The highest BCUT2D eigenvalue weighted by Crippen LogP contribution is 2.21. The summed E-state index contributed by atoms with van der Waals surface area (Å²) in [5, 5.41) is 3.93. The first kappa shape index (κ1) is 21.3. The monoisotopic (exact) mass is 367 g/mol. The van der Waals surface area contributed by atoms with E-state index in [0.717, 1.165) is 28.9 Å². The fourth-order valence-electron chi connectivity index (χ4n) is 2.15. The highest BCUT2D eigenvalue weighted by atomic mass is 32.2. The first-order valence-corrected chi connectivity index (χ1v) is 9.62. The minimum Gasteiger partial charge on any atom is -0.345 e. The molecule has 0 fully saturated rings. The number of carbonyl (C=O) groups excluding carboxylic acids is 1. The number of thioether (sulfide) groups is 1. The molecule has 1 unspecified atom stereocenters. The molecular formula is C18H29N3O3S. The summed E-state index contributed by atoms with van der Waals surface area (Å²) in [6, 6.07) is 0. The molecule has 1 atom stereocenters. The summed E-state index contributed by atoms with van der Waals surface area (Å²) in [6.45, 7) is 7.73. The van der Waals surface area contributed by atoms with Crippen molar-refractivity contribution in [1.29, 1.82) is 0 Å². The lowest BCUT2D eigenvalue weighted by Gasteiger charge is -2.16. The second-order valence-electron chi connectivity index (χ2n) is 6.21. The number of hydrogen-bond acceptors (Lipinski definition) is 5. The van der Waals surface area contributed by atoms with Gasteiger partial charge < -0.3 is 5.32 Å². The number of hydrogen-bond donors (Lipinski definition) is 1. The van der Waals surface area contributed by atoms with Gasteiger partial charge in [-0.2, -0.15) is 0 Å². The van der Waals surface area contributed by atoms with Gasteiger partial charge in [0.15, 0.2) is 0 Å². The third-order valence-electron chi connectivity index (χ3n) is 4.36. The van der Waals surface area contributed by atoms with E-state index in [1.165, 1.54) is 23.4 Å². The molecule has 1 aromatic heterocycles. The number of rotatable bonds is 9. The number of aromatic nitrogens is 2. The third kappa shape index (κ3) is 5.36. The van der Waals surface area contributed by atoms with Crippen LogP contribution in [0.15, 0.2) is 20.7 Å². The van der Waals surface area contributed by atoms with Crippen LogP contribution in [0.4, 0.5) is 5.69 Å². The zero-order chi connectivity index (χ0) is 19.1. The van der Waals surface area contributed by atoms with Gasteiger partial charge in [0.2, 0.25) is 0 Å². The van der Waals surface area contributed by atoms with Crippen LogP contribution in [-0.4, -0.2) is 20.7 Å². The molecule has 1 rings (SSSR count). The van der Waals surface area contributed by atoms with E-state index in [9.17, 15) is 14.4 Å². The fraction of sp³-hybridized carbons (Fsp3) is 0.611. The van der Waals surface area contributed by atoms with Gasteiger partial charge in [0.05, 0.1) is 10.8 Å². The predicted octanol–water partition coefficient (Wildman–Crippen LogP) is 2.79. The molecule has 1 heterocycles. The van der Waals surface area contributed by atoms with Crippen LogP contribution in [0.5, 0.6) is 0 Å². The van der Waals surface area contributed by atoms with E-state index >= 15 is 0 Å². The summed E-state index contributed by atoms with van der Waals surface area (Å²) in [6.07, 6.45) is 4.63. The van der Waals surface area contributed by atoms with Crippen molar-refractivity contribution in [3.05, 3.63) is 37.6 Å². The summed E-state index contributed by atoms with van der Waals surface area (Å²) in [5.41, 5.74) is 0.225. The van der Waals surface area contributed by atoms with E-state index in [4.69, 9.17) is 0 Å². The molecule has 7 heteroatoms. The van der Waals surface area contributed by atoms with Crippen LogP contribution in [0, 0.1) is 12.8 Å². The summed E-state index contributed by atoms with van der Waals surface area (Å²) < 4.78 is 2.53. The van der Waals surface area contributed by atoms with E-state index in [-0.39, 0.29) is 23.0 Å². The summed E-state index contributed by atoms with van der Waals surface area (Å²) >= 11 is 1.41. The van der Waals surface area contributed by atoms with Crippen molar-refractivity contribution in [2.75, 3.05) is 11.1 Å². The number of nitrogens with one attached hydrogen (secondary N) is 1. The summed E-state index contributed by atoms with van der Waals surface area (Å²) in [4.78, 5) is 36.5. The number of ketones is 1. The topological polar surface area (TPSA) is 73.1 Å². The molecule has 6 nitrogen and oxygen atoms in total. The Hall–Kier alpha value is -1.76. The molecule has 1 aromatic rings. The van der Waals surface area contributed by atoms with Gasteiger partial charge in [-0.1, -0.05) is 33.3 Å². The second kappa shape index (κ2) is 9.65. The number of carbonyl (C=O) groups is 1. The number of unbranched alkanes of at least 4 members (excludes halogenated alkanes) is 1. The SMILES string of the molecule is CCC/C=C(/Nc1c(C)n(C)c(=O)n(C)c1=O)SCC(=O)C(C)CC. The molecule has 140 valence electrons. The summed E-state index contributed by atoms with van der Waals surface area (Å²) in [7, 11) is 3.10. The van der Waals surface area contributed by atoms with Crippen molar-refractivity contribution in [2.45, 2.75) is 47.0 Å². The van der Waals surface area contributed by atoms with Crippen molar-refractivity contribution in [3.63, 3.8) is 0 Å². The number of allylic oxidation sites excluding steroid dienone is 1. The minimum absolute atomic E-state index is 0.0343. The average Bonchev–Trinajstić information content (AvgIpc) is 2.62. The van der Waals surface area contributed by atoms with Crippen LogP contribution in [0.25, 0.3) is 0 Å². The lowest BCUT2D eigenvalue weighted by atomic mass is 10.1. The van der Waals surface area contributed by atoms with Crippen LogP contribution in [0.1, 0.15) is 45.7 Å². The van der Waals surface area contributed by atoms with Crippen LogP contribution in [0.3, 0.4) is 0 Å². The van der Waals surface area contributed by atoms with Gasteiger partial charge in [0, 0.05) is 25.7 Å². The standard InChI is InChI=1S/C18H29N3O3S/c1-7-9-10-15(25-11-14(22)12(3)8-2)19-16-13(4)20(5)18(24)21(6)17(16)23/h10,12,19H,7-9,11H2,1-6H3/b15-10-. The van der Waals surface area contributed by atoms with Gasteiger partial charge >= 0.3 is 5.69 Å². The Balaban J connectivity index is 3.11. The van der Waals surface area contributed by atoms with E-state index in [1.54, 1.807) is 14.0 Å². The van der Waals surface area contributed by atoms with E-state index < -0.39 is 0 Å². The lowest BCUT2D eigenvalue weighted by molar-refractivity contribution is -0.119. The molecule has 0 radical (unpaired) electrons. The van der Waals surface area contributed by atoms with E-state index in [1.807, 2.05) is 19.9 Å². The van der Waals surface area contributed by atoms with Crippen LogP contribution >= 0.6 is 11.8 Å². The molecule has 0 aliphatic carbocycles. The van der Waals surface area contributed by atoms with Gasteiger partial charge in [0.25, 0.3) is 5.56 Å². The quantitative estimate of drug-likeness (QED) is 0.726. The molecule has 0 saturated heterocycles. The molecular weight excluding hydrogens is 338 g/mol. The first-order chi connectivity index (χ1) is 11.7. The van der Waals surface area contributed by atoms with Gasteiger partial charge in [-0.05, 0) is 19.8 Å². The molecule has 25 heavy (non-hydrogen) atoms. The average molecular weight is 368 g/mol. The first-order valence-electron chi connectivity index (χ1n) is 8.63. The Kier molecular flexibility index (Phi) is 8.22. The highest BCUT2D eigenvalue weighted by molar-refractivity contribution is 8.03. The molecule has 0 spiro atoms. The number of Topliss-reactive ketones (excluding diaryl/α,β-unsaturated/α-hetero) is 1. The Labute approximate surface area is 153 Å². The van der Waals surface area contributed by atoms with Crippen LogP contribution in [-0.2, 0) is 18.9 Å². The zero-order valence-electron chi connectivity index (χ0n) is 16.0. The maximum atomic E-state index is 12.4. The molecule has 0 amide bonds. The van der Waals surface area contributed by atoms with Crippen LogP contribution < -0.4 is 16.6 Å².